The van der Waals surface area contributed by atoms with Crippen molar-refractivity contribution in [3.63, 3.8) is 0 Å². The van der Waals surface area contributed by atoms with Crippen LogP contribution in [-0.4, -0.2) is 13.9 Å². The predicted molar refractivity (Wildman–Crippen MR) is 75.0 cm³/mol. The van der Waals surface area contributed by atoms with Crippen LogP contribution < -0.4 is 11.4 Å². The van der Waals surface area contributed by atoms with E-state index in [4.69, 9.17) is 0 Å². The van der Waals surface area contributed by atoms with E-state index in [1.807, 2.05) is 12.1 Å². The first-order valence-corrected chi connectivity index (χ1v) is 6.70. The Morgan fingerprint density at radius 2 is 1.25 bits per heavy atom. The fourth-order valence-corrected chi connectivity index (χ4v) is 3.58. The highest BCUT2D eigenvalue weighted by molar-refractivity contribution is 5.49. The number of nitrogens with zero attached hydrogens (tertiary/aromatic N) is 3. The van der Waals surface area contributed by atoms with Gasteiger partial charge in [-0.3, -0.25) is 0 Å². The Morgan fingerprint density at radius 3 is 1.65 bits per heavy atom. The van der Waals surface area contributed by atoms with Crippen LogP contribution in [0.15, 0.2) is 45.0 Å². The summed E-state index contributed by atoms with van der Waals surface area (Å²) in [4.78, 5) is 24.7. The van der Waals surface area contributed by atoms with E-state index in [0.29, 0.717) is 0 Å². The van der Waals surface area contributed by atoms with E-state index in [1.165, 1.54) is 22.8 Å². The summed E-state index contributed by atoms with van der Waals surface area (Å²) in [6, 6.07) is 7.76. The van der Waals surface area contributed by atoms with Crippen LogP contribution in [0.2, 0.25) is 0 Å². The van der Waals surface area contributed by atoms with Crippen LogP contribution in [0, 0.1) is 0 Å². The largest absolute Gasteiger partial charge is 0.347 e. The quantitative estimate of drug-likeness (QED) is 0.675. The molecule has 2 atom stereocenters. The lowest BCUT2D eigenvalue weighted by Gasteiger charge is -2.41. The molecule has 0 amide bonds. The van der Waals surface area contributed by atoms with Crippen LogP contribution in [0.4, 0.5) is 0 Å². The molecule has 2 bridgehead atoms. The molecular formula is C15H15N3O2. The van der Waals surface area contributed by atoms with Crippen LogP contribution in [0.5, 0.6) is 0 Å². The third-order valence-corrected chi connectivity index (χ3v) is 4.71. The van der Waals surface area contributed by atoms with Crippen LogP contribution in [0.25, 0.3) is 0 Å². The standard InChI is InChI=1S/C15H15N3O2/c1-8-9(2)13-11-7-5-4-6-10(11)12(8)17-14(19)16(3)15(20)18(13)17/h4-7,12-13H,1-3H3/t12-,13+. The minimum absolute atomic E-state index is 0.155. The van der Waals surface area contributed by atoms with Gasteiger partial charge in [0.05, 0.1) is 0 Å². The Balaban J connectivity index is 2.20. The van der Waals surface area contributed by atoms with Crippen LogP contribution in [0.1, 0.15) is 37.1 Å². The van der Waals surface area contributed by atoms with Gasteiger partial charge in [-0.05, 0) is 36.1 Å². The summed E-state index contributed by atoms with van der Waals surface area (Å²) < 4.78 is 4.41. The Kier molecular flexibility index (Phi) is 1.97. The highest BCUT2D eigenvalue weighted by Gasteiger charge is 2.42. The summed E-state index contributed by atoms with van der Waals surface area (Å²) in [7, 11) is 1.54. The molecule has 0 N–H and O–H groups in total. The summed E-state index contributed by atoms with van der Waals surface area (Å²) in [6.45, 7) is 4.10. The zero-order chi connectivity index (χ0) is 14.2. The molecule has 5 heteroatoms. The van der Waals surface area contributed by atoms with Crippen molar-refractivity contribution in [2.24, 2.45) is 7.05 Å². The third-order valence-electron chi connectivity index (χ3n) is 4.71. The average molecular weight is 269 g/mol. The molecule has 5 rings (SSSR count). The molecule has 102 valence electrons. The van der Waals surface area contributed by atoms with E-state index in [2.05, 4.69) is 26.0 Å². The molecule has 0 radical (unpaired) electrons. The third kappa shape index (κ3) is 1.06. The van der Waals surface area contributed by atoms with E-state index in [1.54, 1.807) is 9.36 Å². The van der Waals surface area contributed by atoms with Crippen LogP contribution >= 0.6 is 0 Å². The summed E-state index contributed by atoms with van der Waals surface area (Å²) >= 11 is 0. The maximum Gasteiger partial charge on any atom is 0.347 e. The number of benzene rings is 1. The van der Waals surface area contributed by atoms with Gasteiger partial charge in [0.2, 0.25) is 0 Å². The van der Waals surface area contributed by atoms with Gasteiger partial charge in [0, 0.05) is 7.05 Å². The Bertz CT molecular complexity index is 824. The molecule has 3 heterocycles. The van der Waals surface area contributed by atoms with E-state index >= 15 is 0 Å². The highest BCUT2D eigenvalue weighted by atomic mass is 16.2. The van der Waals surface area contributed by atoms with Gasteiger partial charge in [0.25, 0.3) is 0 Å². The molecule has 2 aliphatic heterocycles. The molecule has 5 nitrogen and oxygen atoms in total. The van der Waals surface area contributed by atoms with Crippen molar-refractivity contribution >= 4 is 0 Å². The Hall–Kier alpha value is -2.30. The second-order valence-electron chi connectivity index (χ2n) is 5.61. The van der Waals surface area contributed by atoms with E-state index in [9.17, 15) is 9.59 Å². The number of hydrogen-bond donors (Lipinski definition) is 0. The Labute approximate surface area is 115 Å². The van der Waals surface area contributed by atoms with Gasteiger partial charge in [-0.1, -0.05) is 24.3 Å². The van der Waals surface area contributed by atoms with Crippen LogP contribution in [-0.2, 0) is 7.05 Å². The topological polar surface area (TPSA) is 48.9 Å². The van der Waals surface area contributed by atoms with Gasteiger partial charge in [0.1, 0.15) is 12.1 Å². The van der Waals surface area contributed by atoms with Gasteiger partial charge in [-0.2, -0.15) is 0 Å². The van der Waals surface area contributed by atoms with Crippen LogP contribution in [0.3, 0.4) is 0 Å². The normalized spacial score (nSPS) is 22.9. The predicted octanol–water partition coefficient (Wildman–Crippen LogP) is 1.19. The molecule has 1 aliphatic carbocycles. The smallest absolute Gasteiger partial charge is 0.246 e. The minimum Gasteiger partial charge on any atom is -0.246 e. The number of aromatic nitrogens is 3. The lowest BCUT2D eigenvalue weighted by Crippen LogP contribution is -2.44. The van der Waals surface area contributed by atoms with E-state index < -0.39 is 0 Å². The molecule has 0 unspecified atom stereocenters. The lowest BCUT2D eigenvalue weighted by atomic mass is 9.79. The first-order valence-electron chi connectivity index (χ1n) is 6.70. The number of rotatable bonds is 0. The van der Waals surface area contributed by atoms with Gasteiger partial charge < -0.3 is 0 Å². The monoisotopic (exact) mass is 269 g/mol. The molecule has 2 aromatic rings. The van der Waals surface area contributed by atoms with E-state index in [-0.39, 0.29) is 23.5 Å². The fourth-order valence-electron chi connectivity index (χ4n) is 3.58. The van der Waals surface area contributed by atoms with Crippen molar-refractivity contribution in [2.45, 2.75) is 25.9 Å². The van der Waals surface area contributed by atoms with Crippen molar-refractivity contribution in [3.05, 3.63) is 67.5 Å². The van der Waals surface area contributed by atoms with Gasteiger partial charge in [-0.15, -0.1) is 0 Å². The van der Waals surface area contributed by atoms with Gasteiger partial charge in [0.15, 0.2) is 0 Å². The molecule has 3 aliphatic rings. The lowest BCUT2D eigenvalue weighted by molar-refractivity contribution is 0.342. The van der Waals surface area contributed by atoms with Crippen molar-refractivity contribution in [1.82, 2.24) is 13.9 Å². The maximum atomic E-state index is 12.4. The summed E-state index contributed by atoms with van der Waals surface area (Å²) in [6.07, 6.45) is 0. The average Bonchev–Trinajstić information content (AvgIpc) is 2.68. The molecular weight excluding hydrogens is 254 g/mol. The second-order valence-corrected chi connectivity index (χ2v) is 5.61. The summed E-state index contributed by atoms with van der Waals surface area (Å²) in [5.41, 5.74) is 4.11. The number of allylic oxidation sites excluding steroid dienone is 2. The molecule has 20 heavy (non-hydrogen) atoms. The molecule has 0 saturated carbocycles. The van der Waals surface area contributed by atoms with E-state index in [0.717, 1.165) is 11.1 Å². The molecule has 0 saturated heterocycles. The second kappa shape index (κ2) is 3.42. The molecule has 1 aromatic heterocycles. The van der Waals surface area contributed by atoms with Crippen molar-refractivity contribution in [2.75, 3.05) is 0 Å². The first kappa shape index (κ1) is 11.5. The maximum absolute atomic E-state index is 12.4. The zero-order valence-electron chi connectivity index (χ0n) is 11.6. The Morgan fingerprint density at radius 1 is 0.850 bits per heavy atom. The fraction of sp³-hybridized carbons (Fsp3) is 0.333. The first-order chi connectivity index (χ1) is 9.54. The molecule has 0 fully saturated rings. The van der Waals surface area contributed by atoms with Gasteiger partial charge >= 0.3 is 11.4 Å². The molecule has 0 spiro atoms. The minimum atomic E-state index is -0.244. The summed E-state index contributed by atoms with van der Waals surface area (Å²) in [5, 5.41) is 0. The zero-order valence-corrected chi connectivity index (χ0v) is 11.6. The number of hydrogen-bond acceptors (Lipinski definition) is 2. The van der Waals surface area contributed by atoms with Crippen molar-refractivity contribution in [3.8, 4) is 0 Å². The SMILES string of the molecule is CC1=C(C)[C@H]2c3ccccc3[C@@H]1n1c(=O)n(C)c(=O)n12. The molecule has 1 aromatic carbocycles. The van der Waals surface area contributed by atoms with Gasteiger partial charge in [-0.25, -0.2) is 23.5 Å². The summed E-state index contributed by atoms with van der Waals surface area (Å²) in [5.74, 6) is 0. The van der Waals surface area contributed by atoms with Crippen molar-refractivity contribution in [1.29, 1.82) is 0 Å². The van der Waals surface area contributed by atoms with Crippen molar-refractivity contribution < 1.29 is 0 Å². The highest BCUT2D eigenvalue weighted by Crippen LogP contribution is 2.46.